The highest BCUT2D eigenvalue weighted by atomic mass is 32.2. The molecule has 1 aliphatic rings. The molecule has 27 heavy (non-hydrogen) atoms. The number of carbonyl (C=O) groups is 2. The zero-order valence-corrected chi connectivity index (χ0v) is 15.0. The highest BCUT2D eigenvalue weighted by Gasteiger charge is 2.40. The third-order valence-electron chi connectivity index (χ3n) is 4.07. The quantitative estimate of drug-likeness (QED) is 0.828. The van der Waals surface area contributed by atoms with Crippen molar-refractivity contribution < 1.29 is 22.8 Å². The number of carbonyl (C=O) groups excluding carboxylic acids is 2. The lowest BCUT2D eigenvalue weighted by atomic mass is 10.1. The molecule has 142 valence electrons. The van der Waals surface area contributed by atoms with Gasteiger partial charge in [-0.3, -0.25) is 9.59 Å². The molecular formula is C19H17F3N2O2S. The number of hydrogen-bond acceptors (Lipinski definition) is 3. The lowest BCUT2D eigenvalue weighted by Gasteiger charge is -2.18. The van der Waals surface area contributed by atoms with E-state index in [1.54, 1.807) is 12.1 Å². The number of nitrogens with one attached hydrogen (secondary N) is 1. The van der Waals surface area contributed by atoms with Crippen molar-refractivity contribution in [1.82, 2.24) is 4.90 Å². The number of anilines is 1. The largest absolute Gasteiger partial charge is 0.406 e. The number of halogens is 3. The second-order valence-electron chi connectivity index (χ2n) is 6.19. The van der Waals surface area contributed by atoms with Gasteiger partial charge in [-0.05, 0) is 24.3 Å². The molecule has 1 unspecified atom stereocenters. The Morgan fingerprint density at radius 1 is 1.11 bits per heavy atom. The Hall–Kier alpha value is -2.48. The van der Waals surface area contributed by atoms with E-state index in [1.165, 1.54) is 11.8 Å². The van der Waals surface area contributed by atoms with Crippen LogP contribution in [0.4, 0.5) is 18.9 Å². The van der Waals surface area contributed by atoms with E-state index in [0.717, 1.165) is 9.79 Å². The van der Waals surface area contributed by atoms with Crippen molar-refractivity contribution >= 4 is 29.3 Å². The molecule has 1 atom stereocenters. The summed E-state index contributed by atoms with van der Waals surface area (Å²) in [6.45, 7) is -1.55. The van der Waals surface area contributed by atoms with E-state index in [2.05, 4.69) is 5.32 Å². The Morgan fingerprint density at radius 2 is 1.78 bits per heavy atom. The molecule has 2 amide bonds. The molecule has 1 saturated heterocycles. The van der Waals surface area contributed by atoms with Crippen LogP contribution < -0.4 is 5.32 Å². The number of amides is 2. The number of alkyl halides is 3. The molecule has 1 heterocycles. The van der Waals surface area contributed by atoms with Crippen molar-refractivity contribution in [3.8, 4) is 0 Å². The van der Waals surface area contributed by atoms with Crippen LogP contribution in [0.25, 0.3) is 0 Å². The smallest absolute Gasteiger partial charge is 0.333 e. The van der Waals surface area contributed by atoms with E-state index in [0.29, 0.717) is 10.6 Å². The van der Waals surface area contributed by atoms with E-state index in [9.17, 15) is 22.8 Å². The van der Waals surface area contributed by atoms with E-state index in [1.807, 2.05) is 42.5 Å². The lowest BCUT2D eigenvalue weighted by Crippen LogP contribution is -2.36. The number of likely N-dealkylation sites (tertiary alicyclic amines) is 1. The Morgan fingerprint density at radius 3 is 2.48 bits per heavy atom. The number of nitrogens with zero attached hydrogens (tertiary/aromatic N) is 1. The van der Waals surface area contributed by atoms with E-state index in [-0.39, 0.29) is 13.0 Å². The average molecular weight is 394 g/mol. The third kappa shape index (κ3) is 5.26. The van der Waals surface area contributed by atoms with Gasteiger partial charge in [-0.25, -0.2) is 0 Å². The van der Waals surface area contributed by atoms with Crippen LogP contribution in [0.3, 0.4) is 0 Å². The second kappa shape index (κ2) is 8.04. The van der Waals surface area contributed by atoms with Crippen LogP contribution in [0.15, 0.2) is 64.4 Å². The lowest BCUT2D eigenvalue weighted by molar-refractivity contribution is -0.157. The first-order valence-electron chi connectivity index (χ1n) is 8.29. The van der Waals surface area contributed by atoms with Gasteiger partial charge in [0.1, 0.15) is 6.54 Å². The minimum atomic E-state index is -4.47. The predicted molar refractivity (Wildman–Crippen MR) is 96.4 cm³/mol. The van der Waals surface area contributed by atoms with Gasteiger partial charge >= 0.3 is 6.18 Å². The number of benzene rings is 2. The summed E-state index contributed by atoms with van der Waals surface area (Å²) >= 11 is 1.47. The van der Waals surface area contributed by atoms with E-state index in [4.69, 9.17) is 0 Å². The van der Waals surface area contributed by atoms with Gasteiger partial charge in [0, 0.05) is 22.8 Å². The SMILES string of the molecule is O=C(Nc1ccccc1Sc1ccccc1)C1CC(=O)N(CC(F)(F)F)C1. The molecule has 1 fully saturated rings. The maximum Gasteiger partial charge on any atom is 0.406 e. The van der Waals surface area contributed by atoms with Crippen molar-refractivity contribution in [2.24, 2.45) is 5.92 Å². The van der Waals surface area contributed by atoms with Crippen molar-refractivity contribution in [2.75, 3.05) is 18.4 Å². The summed E-state index contributed by atoms with van der Waals surface area (Å²) < 4.78 is 37.6. The molecule has 0 radical (unpaired) electrons. The average Bonchev–Trinajstić information content (AvgIpc) is 2.96. The summed E-state index contributed by atoms with van der Waals surface area (Å²) in [5.74, 6) is -1.90. The van der Waals surface area contributed by atoms with Crippen LogP contribution in [-0.4, -0.2) is 36.0 Å². The molecule has 2 aromatic rings. The molecule has 0 aliphatic carbocycles. The fourth-order valence-corrected chi connectivity index (χ4v) is 3.75. The van der Waals surface area contributed by atoms with Crippen LogP contribution in [-0.2, 0) is 9.59 Å². The summed E-state index contributed by atoms with van der Waals surface area (Å²) in [5.41, 5.74) is 0.568. The maximum absolute atomic E-state index is 12.5. The van der Waals surface area contributed by atoms with Crippen molar-refractivity contribution in [2.45, 2.75) is 22.4 Å². The Bertz CT molecular complexity index is 827. The highest BCUT2D eigenvalue weighted by Crippen LogP contribution is 2.34. The third-order valence-corrected chi connectivity index (χ3v) is 5.16. The summed E-state index contributed by atoms with van der Waals surface area (Å²) in [5, 5.41) is 2.76. The van der Waals surface area contributed by atoms with E-state index >= 15 is 0 Å². The van der Waals surface area contributed by atoms with Gasteiger partial charge in [0.25, 0.3) is 0 Å². The molecule has 1 N–H and O–H groups in total. The molecule has 1 aliphatic heterocycles. The van der Waals surface area contributed by atoms with Gasteiger partial charge in [-0.2, -0.15) is 13.2 Å². The highest BCUT2D eigenvalue weighted by molar-refractivity contribution is 7.99. The molecular weight excluding hydrogens is 377 g/mol. The van der Waals surface area contributed by atoms with Gasteiger partial charge < -0.3 is 10.2 Å². The molecule has 0 spiro atoms. The van der Waals surface area contributed by atoms with E-state index < -0.39 is 30.5 Å². The van der Waals surface area contributed by atoms with Crippen molar-refractivity contribution in [3.63, 3.8) is 0 Å². The Kier molecular flexibility index (Phi) is 5.74. The van der Waals surface area contributed by atoms with Crippen LogP contribution in [0, 0.1) is 5.92 Å². The molecule has 8 heteroatoms. The zero-order valence-electron chi connectivity index (χ0n) is 14.2. The first kappa shape index (κ1) is 19.3. The summed E-state index contributed by atoms with van der Waals surface area (Å²) in [4.78, 5) is 26.8. The second-order valence-corrected chi connectivity index (χ2v) is 7.31. The normalized spacial score (nSPS) is 17.2. The molecule has 3 rings (SSSR count). The fourth-order valence-electron chi connectivity index (χ4n) is 2.83. The summed E-state index contributed by atoms with van der Waals surface area (Å²) in [7, 11) is 0. The molecule has 4 nitrogen and oxygen atoms in total. The molecule has 0 bridgehead atoms. The number of hydrogen-bond donors (Lipinski definition) is 1. The Labute approximate surface area is 158 Å². The van der Waals surface area contributed by atoms with Gasteiger partial charge in [0.05, 0.1) is 11.6 Å². The minimum absolute atomic E-state index is 0.212. The predicted octanol–water partition coefficient (Wildman–Crippen LogP) is 4.19. The van der Waals surface area contributed by atoms with Crippen LogP contribution in [0.1, 0.15) is 6.42 Å². The fraction of sp³-hybridized carbons (Fsp3) is 0.263. The first-order valence-corrected chi connectivity index (χ1v) is 9.11. The standard InChI is InChI=1S/C19H17F3N2O2S/c20-19(21,22)12-24-11-13(10-17(24)25)18(26)23-15-8-4-5-9-16(15)27-14-6-2-1-3-7-14/h1-9,13H,10-12H2,(H,23,26). The van der Waals surface area contributed by atoms with Crippen LogP contribution >= 0.6 is 11.8 Å². The molecule has 2 aromatic carbocycles. The zero-order chi connectivity index (χ0) is 19.4. The first-order chi connectivity index (χ1) is 12.8. The van der Waals surface area contributed by atoms with Crippen molar-refractivity contribution in [3.05, 3.63) is 54.6 Å². The summed E-state index contributed by atoms with van der Waals surface area (Å²) in [6.07, 6.45) is -4.68. The topological polar surface area (TPSA) is 49.4 Å². The van der Waals surface area contributed by atoms with Gasteiger partial charge in [0.15, 0.2) is 0 Å². The summed E-state index contributed by atoms with van der Waals surface area (Å²) in [6, 6.07) is 16.8. The molecule has 0 saturated carbocycles. The van der Waals surface area contributed by atoms with Crippen LogP contribution in [0.5, 0.6) is 0 Å². The van der Waals surface area contributed by atoms with Gasteiger partial charge in [-0.1, -0.05) is 42.1 Å². The number of rotatable bonds is 5. The van der Waals surface area contributed by atoms with Gasteiger partial charge in [0.2, 0.25) is 11.8 Å². The maximum atomic E-state index is 12.5. The minimum Gasteiger partial charge on any atom is -0.333 e. The molecule has 0 aromatic heterocycles. The van der Waals surface area contributed by atoms with Gasteiger partial charge in [-0.15, -0.1) is 0 Å². The monoisotopic (exact) mass is 394 g/mol. The van der Waals surface area contributed by atoms with Crippen LogP contribution in [0.2, 0.25) is 0 Å². The number of para-hydroxylation sites is 1. The Balaban J connectivity index is 1.67. The van der Waals surface area contributed by atoms with Crippen molar-refractivity contribution in [1.29, 1.82) is 0 Å².